The maximum Gasteiger partial charge on any atom is 0.223 e. The van der Waals surface area contributed by atoms with Crippen molar-refractivity contribution in [1.29, 1.82) is 0 Å². The molecule has 0 spiro atoms. The number of fused-ring (bicyclic) bond motifs is 1. The van der Waals surface area contributed by atoms with Crippen LogP contribution in [0.2, 0.25) is 0 Å². The fraction of sp³-hybridized carbons (Fsp3) is 0.429. The van der Waals surface area contributed by atoms with Crippen molar-refractivity contribution >= 4 is 43.3 Å². The number of piperazine rings is 1. The Kier molecular flexibility index (Phi) is 6.25. The van der Waals surface area contributed by atoms with Crippen molar-refractivity contribution in [3.05, 3.63) is 40.5 Å². The molecule has 0 atom stereocenters. The average Bonchev–Trinajstić information content (AvgIpc) is 3.13. The van der Waals surface area contributed by atoms with E-state index in [9.17, 15) is 0 Å². The van der Waals surface area contributed by atoms with Gasteiger partial charge in [0.1, 0.15) is 0 Å². The number of nitrogens with zero attached hydrogens (tertiary/aromatic N) is 4. The number of thiophene rings is 1. The first kappa shape index (κ1) is 19.8. The van der Waals surface area contributed by atoms with Crippen molar-refractivity contribution in [3.8, 4) is 10.6 Å². The lowest BCUT2D eigenvalue weighted by atomic mass is 10.2. The number of aromatic nitrogens is 2. The Morgan fingerprint density at radius 1 is 1.21 bits per heavy atom. The molecule has 0 radical (unpaired) electrons. The summed E-state index contributed by atoms with van der Waals surface area (Å²) in [5.74, 6) is 0.718. The van der Waals surface area contributed by atoms with Gasteiger partial charge in [0, 0.05) is 48.1 Å². The molecule has 1 aromatic carbocycles. The quantitative estimate of drug-likeness (QED) is 0.550. The Labute approximate surface area is 178 Å². The molecule has 1 N–H and O–H groups in total. The van der Waals surface area contributed by atoms with Gasteiger partial charge in [-0.2, -0.15) is 0 Å². The standard InChI is InChI=1S/C21H26BrN5S/c1-15-14-24-21(23-7-4-8-27-11-9-26(2)10-12-27)25-19(15)18-13-16-5-3-6-17(22)20(16)28-18/h3,5-6,13-14H,4,7-12H2,1-2H3,(H,23,24,25). The Morgan fingerprint density at radius 3 is 2.82 bits per heavy atom. The van der Waals surface area contributed by atoms with Crippen LogP contribution in [0.25, 0.3) is 20.7 Å². The predicted octanol–water partition coefficient (Wildman–Crippen LogP) is 4.48. The van der Waals surface area contributed by atoms with Crippen LogP contribution in [0, 0.1) is 6.92 Å². The number of hydrogen-bond donors (Lipinski definition) is 1. The number of aryl methyl sites for hydroxylation is 1. The number of nitrogens with one attached hydrogen (secondary N) is 1. The Balaban J connectivity index is 1.40. The molecule has 0 saturated carbocycles. The second kappa shape index (κ2) is 8.86. The van der Waals surface area contributed by atoms with Crippen LogP contribution >= 0.6 is 27.3 Å². The first-order chi connectivity index (χ1) is 13.6. The van der Waals surface area contributed by atoms with Crippen LogP contribution in [0.4, 0.5) is 5.95 Å². The van der Waals surface area contributed by atoms with Crippen LogP contribution in [0.15, 0.2) is 34.9 Å². The van der Waals surface area contributed by atoms with E-state index in [0.29, 0.717) is 0 Å². The SMILES string of the molecule is Cc1cnc(NCCCN2CCN(C)CC2)nc1-c1cc2cccc(Br)c2s1. The van der Waals surface area contributed by atoms with Crippen molar-refractivity contribution < 1.29 is 0 Å². The van der Waals surface area contributed by atoms with E-state index in [1.54, 1.807) is 11.3 Å². The van der Waals surface area contributed by atoms with Crippen LogP contribution in [0.1, 0.15) is 12.0 Å². The van der Waals surface area contributed by atoms with Gasteiger partial charge in [-0.15, -0.1) is 11.3 Å². The molecule has 0 bridgehead atoms. The highest BCUT2D eigenvalue weighted by molar-refractivity contribution is 9.10. The zero-order chi connectivity index (χ0) is 19.5. The van der Waals surface area contributed by atoms with Crippen LogP contribution < -0.4 is 5.32 Å². The molecule has 148 valence electrons. The largest absolute Gasteiger partial charge is 0.354 e. The van der Waals surface area contributed by atoms with E-state index in [2.05, 4.69) is 74.3 Å². The minimum Gasteiger partial charge on any atom is -0.354 e. The Morgan fingerprint density at radius 2 is 2.04 bits per heavy atom. The summed E-state index contributed by atoms with van der Waals surface area (Å²) in [6.45, 7) is 8.78. The summed E-state index contributed by atoms with van der Waals surface area (Å²) in [6.07, 6.45) is 3.02. The normalized spacial score (nSPS) is 16.0. The monoisotopic (exact) mass is 459 g/mol. The molecule has 28 heavy (non-hydrogen) atoms. The first-order valence-corrected chi connectivity index (χ1v) is 11.4. The lowest BCUT2D eigenvalue weighted by molar-refractivity contribution is 0.154. The summed E-state index contributed by atoms with van der Waals surface area (Å²) in [5.41, 5.74) is 2.12. The highest BCUT2D eigenvalue weighted by Crippen LogP contribution is 2.37. The molecule has 0 unspecified atom stereocenters. The van der Waals surface area contributed by atoms with Crippen LogP contribution in [-0.4, -0.2) is 66.1 Å². The third-order valence-corrected chi connectivity index (χ3v) is 7.35. The third kappa shape index (κ3) is 4.54. The summed E-state index contributed by atoms with van der Waals surface area (Å²) in [6, 6.07) is 8.53. The Hall–Kier alpha value is -1.54. The highest BCUT2D eigenvalue weighted by Gasteiger charge is 2.14. The molecule has 7 heteroatoms. The van der Waals surface area contributed by atoms with Gasteiger partial charge < -0.3 is 15.1 Å². The molecule has 0 aliphatic carbocycles. The molecule has 3 heterocycles. The molecule has 1 aliphatic heterocycles. The number of anilines is 1. The summed E-state index contributed by atoms with van der Waals surface area (Å²) in [4.78, 5) is 15.4. The molecule has 5 nitrogen and oxygen atoms in total. The number of likely N-dealkylation sites (N-methyl/N-ethyl adjacent to an activating group) is 1. The van der Waals surface area contributed by atoms with E-state index in [1.165, 1.54) is 41.1 Å². The van der Waals surface area contributed by atoms with Crippen molar-refractivity contribution in [1.82, 2.24) is 19.8 Å². The summed E-state index contributed by atoms with van der Waals surface area (Å²) >= 11 is 5.42. The second-order valence-electron chi connectivity index (χ2n) is 7.42. The van der Waals surface area contributed by atoms with E-state index in [0.717, 1.165) is 41.2 Å². The maximum absolute atomic E-state index is 4.81. The van der Waals surface area contributed by atoms with Gasteiger partial charge in [0.2, 0.25) is 5.95 Å². The molecule has 0 amide bonds. The molecule has 1 aliphatic rings. The van der Waals surface area contributed by atoms with Crippen molar-refractivity contribution in [2.75, 3.05) is 51.6 Å². The van der Waals surface area contributed by atoms with Gasteiger partial charge >= 0.3 is 0 Å². The lowest BCUT2D eigenvalue weighted by Gasteiger charge is -2.32. The number of halogens is 1. The number of benzene rings is 1. The van der Waals surface area contributed by atoms with Crippen molar-refractivity contribution in [3.63, 3.8) is 0 Å². The van der Waals surface area contributed by atoms with Gasteiger partial charge in [-0.3, -0.25) is 0 Å². The average molecular weight is 460 g/mol. The number of rotatable bonds is 6. The summed E-state index contributed by atoms with van der Waals surface area (Å²) < 4.78 is 2.40. The lowest BCUT2D eigenvalue weighted by Crippen LogP contribution is -2.44. The zero-order valence-corrected chi connectivity index (χ0v) is 18.8. The van der Waals surface area contributed by atoms with Gasteiger partial charge in [-0.25, -0.2) is 9.97 Å². The fourth-order valence-corrected chi connectivity index (χ4v) is 5.24. The van der Waals surface area contributed by atoms with Gasteiger partial charge in [-0.1, -0.05) is 12.1 Å². The van der Waals surface area contributed by atoms with Gasteiger partial charge in [0.15, 0.2) is 0 Å². The minimum absolute atomic E-state index is 0.718. The van der Waals surface area contributed by atoms with E-state index >= 15 is 0 Å². The third-order valence-electron chi connectivity index (χ3n) is 5.23. The number of hydrogen-bond acceptors (Lipinski definition) is 6. The molecule has 1 saturated heterocycles. The molecular formula is C21H26BrN5S. The molecule has 1 fully saturated rings. The van der Waals surface area contributed by atoms with E-state index < -0.39 is 0 Å². The Bertz CT molecular complexity index is 949. The van der Waals surface area contributed by atoms with Gasteiger partial charge in [-0.05, 0) is 65.9 Å². The van der Waals surface area contributed by atoms with Crippen LogP contribution in [0.5, 0.6) is 0 Å². The first-order valence-electron chi connectivity index (χ1n) is 9.77. The van der Waals surface area contributed by atoms with Crippen molar-refractivity contribution in [2.45, 2.75) is 13.3 Å². The molecular weight excluding hydrogens is 434 g/mol. The zero-order valence-electron chi connectivity index (χ0n) is 16.4. The second-order valence-corrected chi connectivity index (χ2v) is 9.33. The molecule has 2 aromatic heterocycles. The smallest absolute Gasteiger partial charge is 0.223 e. The van der Waals surface area contributed by atoms with Crippen LogP contribution in [-0.2, 0) is 0 Å². The topological polar surface area (TPSA) is 44.3 Å². The van der Waals surface area contributed by atoms with E-state index in [1.807, 2.05) is 6.20 Å². The van der Waals surface area contributed by atoms with E-state index in [-0.39, 0.29) is 0 Å². The fourth-order valence-electron chi connectivity index (χ4n) is 3.50. The van der Waals surface area contributed by atoms with Gasteiger partial charge in [0.25, 0.3) is 0 Å². The predicted molar refractivity (Wildman–Crippen MR) is 122 cm³/mol. The summed E-state index contributed by atoms with van der Waals surface area (Å²) in [7, 11) is 2.19. The molecule has 3 aromatic rings. The van der Waals surface area contributed by atoms with Crippen molar-refractivity contribution in [2.24, 2.45) is 0 Å². The van der Waals surface area contributed by atoms with Crippen LogP contribution in [0.3, 0.4) is 0 Å². The maximum atomic E-state index is 4.81. The van der Waals surface area contributed by atoms with E-state index in [4.69, 9.17) is 4.98 Å². The minimum atomic E-state index is 0.718. The van der Waals surface area contributed by atoms with Gasteiger partial charge in [0.05, 0.1) is 10.6 Å². The highest BCUT2D eigenvalue weighted by atomic mass is 79.9. The summed E-state index contributed by atoms with van der Waals surface area (Å²) in [5, 5.41) is 4.66. The molecule has 4 rings (SSSR count).